The predicted molar refractivity (Wildman–Crippen MR) is 115 cm³/mol. The van der Waals surface area contributed by atoms with Gasteiger partial charge in [0.05, 0.1) is 12.7 Å². The maximum Gasteiger partial charge on any atom is 0.257 e. The summed E-state index contributed by atoms with van der Waals surface area (Å²) in [5.41, 5.74) is 1.51. The number of aromatic nitrogens is 4. The van der Waals surface area contributed by atoms with Gasteiger partial charge in [0, 0.05) is 32.4 Å². The van der Waals surface area contributed by atoms with Crippen LogP contribution in [0.2, 0.25) is 0 Å². The SMILES string of the molecule is CCCN(C)C(=O)CNC(=O)c1cnn2c(NC)cc(Nc3cccc(C)n3)nc12. The summed E-state index contributed by atoms with van der Waals surface area (Å²) in [5, 5.41) is 13.1. The Morgan fingerprint density at radius 1 is 1.20 bits per heavy atom. The van der Waals surface area contributed by atoms with Crippen molar-refractivity contribution >= 4 is 34.9 Å². The van der Waals surface area contributed by atoms with Gasteiger partial charge in [-0.1, -0.05) is 13.0 Å². The van der Waals surface area contributed by atoms with Crippen molar-refractivity contribution in [1.82, 2.24) is 29.8 Å². The highest BCUT2D eigenvalue weighted by atomic mass is 16.2. The molecule has 158 valence electrons. The fraction of sp³-hybridized carbons (Fsp3) is 0.350. The number of hydrogen-bond acceptors (Lipinski definition) is 7. The highest BCUT2D eigenvalue weighted by Crippen LogP contribution is 2.21. The number of rotatable bonds is 8. The average molecular weight is 410 g/mol. The maximum absolute atomic E-state index is 12.7. The van der Waals surface area contributed by atoms with Crippen LogP contribution in [-0.4, -0.2) is 63.5 Å². The summed E-state index contributed by atoms with van der Waals surface area (Å²) >= 11 is 0. The van der Waals surface area contributed by atoms with Gasteiger partial charge in [0.1, 0.15) is 23.0 Å². The molecule has 2 amide bonds. The molecule has 0 saturated heterocycles. The number of fused-ring (bicyclic) bond motifs is 1. The minimum absolute atomic E-state index is 0.0866. The zero-order valence-electron chi connectivity index (χ0n) is 17.6. The molecule has 3 heterocycles. The number of anilines is 3. The highest BCUT2D eigenvalue weighted by molar-refractivity contribution is 6.01. The first kappa shape index (κ1) is 21.0. The predicted octanol–water partition coefficient (Wildman–Crippen LogP) is 1.82. The molecule has 0 unspecified atom stereocenters. The standard InChI is InChI=1S/C20H26N8O2/c1-5-9-27(4)18(29)12-22-20(30)14-11-23-28-17(21-3)10-16(26-19(14)28)25-15-8-6-7-13(2)24-15/h6-8,10-11,21H,5,9,12H2,1-4H3,(H,22,30)(H,24,25,26). The molecule has 3 N–H and O–H groups in total. The van der Waals surface area contributed by atoms with Crippen molar-refractivity contribution in [2.24, 2.45) is 0 Å². The van der Waals surface area contributed by atoms with E-state index >= 15 is 0 Å². The van der Waals surface area contributed by atoms with E-state index in [9.17, 15) is 9.59 Å². The molecule has 3 aromatic heterocycles. The van der Waals surface area contributed by atoms with Crippen LogP contribution in [0.25, 0.3) is 5.65 Å². The zero-order valence-corrected chi connectivity index (χ0v) is 17.6. The lowest BCUT2D eigenvalue weighted by atomic mass is 10.3. The summed E-state index contributed by atoms with van der Waals surface area (Å²) < 4.78 is 1.54. The Balaban J connectivity index is 1.85. The molecule has 10 heteroatoms. The van der Waals surface area contributed by atoms with Crippen LogP contribution in [0.3, 0.4) is 0 Å². The molecule has 0 aliphatic heterocycles. The number of hydrogen-bond donors (Lipinski definition) is 3. The van der Waals surface area contributed by atoms with E-state index in [0.29, 0.717) is 29.6 Å². The van der Waals surface area contributed by atoms with Gasteiger partial charge in [-0.05, 0) is 25.5 Å². The maximum atomic E-state index is 12.7. The van der Waals surface area contributed by atoms with Crippen molar-refractivity contribution in [2.75, 3.05) is 37.8 Å². The normalized spacial score (nSPS) is 10.7. The Bertz CT molecular complexity index is 1060. The molecule has 3 rings (SSSR count). The Morgan fingerprint density at radius 2 is 2.00 bits per heavy atom. The second-order valence-corrected chi connectivity index (χ2v) is 6.86. The van der Waals surface area contributed by atoms with Crippen molar-refractivity contribution in [1.29, 1.82) is 0 Å². The van der Waals surface area contributed by atoms with Gasteiger partial charge in [0.15, 0.2) is 5.65 Å². The van der Waals surface area contributed by atoms with Gasteiger partial charge in [-0.3, -0.25) is 9.59 Å². The average Bonchev–Trinajstić information content (AvgIpc) is 3.15. The van der Waals surface area contributed by atoms with Crippen LogP contribution in [0.1, 0.15) is 29.4 Å². The molecular formula is C20H26N8O2. The van der Waals surface area contributed by atoms with Crippen LogP contribution in [0, 0.1) is 6.92 Å². The van der Waals surface area contributed by atoms with Crippen LogP contribution in [0.5, 0.6) is 0 Å². The molecule has 0 atom stereocenters. The summed E-state index contributed by atoms with van der Waals surface area (Å²) in [5.74, 6) is 1.23. The first-order chi connectivity index (χ1) is 14.4. The number of pyridine rings is 1. The van der Waals surface area contributed by atoms with Crippen LogP contribution in [-0.2, 0) is 4.79 Å². The van der Waals surface area contributed by atoms with Crippen molar-refractivity contribution in [3.63, 3.8) is 0 Å². The first-order valence-corrected chi connectivity index (χ1v) is 9.72. The van der Waals surface area contributed by atoms with E-state index in [1.54, 1.807) is 25.1 Å². The van der Waals surface area contributed by atoms with Gasteiger partial charge in [-0.15, -0.1) is 0 Å². The van der Waals surface area contributed by atoms with Crippen molar-refractivity contribution in [3.8, 4) is 0 Å². The lowest BCUT2D eigenvalue weighted by Crippen LogP contribution is -2.38. The lowest BCUT2D eigenvalue weighted by molar-refractivity contribution is -0.128. The topological polar surface area (TPSA) is 117 Å². The molecule has 0 aromatic carbocycles. The van der Waals surface area contributed by atoms with Gasteiger partial charge >= 0.3 is 0 Å². The number of amides is 2. The molecule has 3 aromatic rings. The summed E-state index contributed by atoms with van der Waals surface area (Å²) in [4.78, 5) is 35.3. The third kappa shape index (κ3) is 4.65. The fourth-order valence-corrected chi connectivity index (χ4v) is 2.96. The monoisotopic (exact) mass is 410 g/mol. The smallest absolute Gasteiger partial charge is 0.257 e. The number of carbonyl (C=O) groups is 2. The third-order valence-electron chi connectivity index (χ3n) is 4.50. The molecule has 10 nitrogen and oxygen atoms in total. The molecule has 0 aliphatic carbocycles. The van der Waals surface area contributed by atoms with E-state index in [2.05, 4.69) is 31.0 Å². The second kappa shape index (κ2) is 9.21. The van der Waals surface area contributed by atoms with Crippen molar-refractivity contribution in [3.05, 3.63) is 41.7 Å². The van der Waals surface area contributed by atoms with Gasteiger partial charge in [0.2, 0.25) is 5.91 Å². The van der Waals surface area contributed by atoms with E-state index in [1.807, 2.05) is 32.0 Å². The van der Waals surface area contributed by atoms with Gasteiger partial charge in [-0.25, -0.2) is 9.97 Å². The fourth-order valence-electron chi connectivity index (χ4n) is 2.96. The van der Waals surface area contributed by atoms with Gasteiger partial charge in [0.25, 0.3) is 5.91 Å². The van der Waals surface area contributed by atoms with Gasteiger partial charge in [-0.2, -0.15) is 9.61 Å². The first-order valence-electron chi connectivity index (χ1n) is 9.72. The molecule has 0 aliphatic rings. The Hall–Kier alpha value is -3.69. The molecule has 0 radical (unpaired) electrons. The van der Waals surface area contributed by atoms with E-state index < -0.39 is 5.91 Å². The number of likely N-dealkylation sites (N-methyl/N-ethyl adjacent to an activating group) is 1. The number of nitrogens with zero attached hydrogens (tertiary/aromatic N) is 5. The van der Waals surface area contributed by atoms with Crippen molar-refractivity contribution in [2.45, 2.75) is 20.3 Å². The molecule has 0 saturated carbocycles. The number of aryl methyl sites for hydroxylation is 1. The molecule has 0 spiro atoms. The minimum Gasteiger partial charge on any atom is -0.373 e. The van der Waals surface area contributed by atoms with Gasteiger partial charge < -0.3 is 20.9 Å². The highest BCUT2D eigenvalue weighted by Gasteiger charge is 2.18. The van der Waals surface area contributed by atoms with Crippen LogP contribution in [0.4, 0.5) is 17.5 Å². The molecule has 0 bridgehead atoms. The zero-order chi connectivity index (χ0) is 21.7. The minimum atomic E-state index is -0.413. The number of nitrogens with one attached hydrogen (secondary N) is 3. The van der Waals surface area contributed by atoms with Crippen LogP contribution >= 0.6 is 0 Å². The van der Waals surface area contributed by atoms with Crippen LogP contribution < -0.4 is 16.0 Å². The molecule has 0 fully saturated rings. The summed E-state index contributed by atoms with van der Waals surface area (Å²) in [6.07, 6.45) is 2.29. The molecule has 30 heavy (non-hydrogen) atoms. The Morgan fingerprint density at radius 3 is 2.70 bits per heavy atom. The summed E-state index contributed by atoms with van der Waals surface area (Å²) in [7, 11) is 3.47. The van der Waals surface area contributed by atoms with E-state index in [4.69, 9.17) is 0 Å². The Kier molecular flexibility index (Phi) is 6.45. The van der Waals surface area contributed by atoms with E-state index in [1.165, 1.54) is 10.7 Å². The lowest BCUT2D eigenvalue weighted by Gasteiger charge is -2.16. The number of carbonyl (C=O) groups excluding carboxylic acids is 2. The second-order valence-electron chi connectivity index (χ2n) is 6.86. The Labute approximate surface area is 174 Å². The largest absolute Gasteiger partial charge is 0.373 e. The third-order valence-corrected chi connectivity index (χ3v) is 4.50. The van der Waals surface area contributed by atoms with E-state index in [-0.39, 0.29) is 18.0 Å². The quantitative estimate of drug-likeness (QED) is 0.519. The summed E-state index contributed by atoms with van der Waals surface area (Å²) in [6.45, 7) is 4.45. The summed E-state index contributed by atoms with van der Waals surface area (Å²) in [6, 6.07) is 7.40. The van der Waals surface area contributed by atoms with E-state index in [0.717, 1.165) is 12.1 Å². The van der Waals surface area contributed by atoms with Crippen LogP contribution in [0.15, 0.2) is 30.5 Å². The molecular weight excluding hydrogens is 384 g/mol. The van der Waals surface area contributed by atoms with Crippen molar-refractivity contribution < 1.29 is 9.59 Å².